The van der Waals surface area contributed by atoms with Crippen molar-refractivity contribution in [1.82, 2.24) is 4.90 Å². The number of benzene rings is 2. The second kappa shape index (κ2) is 7.37. The molecular formula is C20H20N2O3. The van der Waals surface area contributed by atoms with Crippen LogP contribution in [0.25, 0.3) is 0 Å². The predicted molar refractivity (Wildman–Crippen MR) is 93.2 cm³/mol. The van der Waals surface area contributed by atoms with E-state index >= 15 is 0 Å². The summed E-state index contributed by atoms with van der Waals surface area (Å²) in [7, 11) is 0. The van der Waals surface area contributed by atoms with Gasteiger partial charge in [-0.15, -0.1) is 0 Å². The number of aromatic hydroxyl groups is 1. The second-order valence-electron chi connectivity index (χ2n) is 6.05. The van der Waals surface area contributed by atoms with Crippen LogP contribution in [0, 0.1) is 11.3 Å². The van der Waals surface area contributed by atoms with E-state index in [0.717, 1.165) is 17.5 Å². The average molecular weight is 336 g/mol. The molecule has 5 nitrogen and oxygen atoms in total. The van der Waals surface area contributed by atoms with E-state index in [1.54, 1.807) is 29.2 Å². The highest BCUT2D eigenvalue weighted by atomic mass is 16.5. The highest BCUT2D eigenvalue weighted by molar-refractivity contribution is 5.97. The van der Waals surface area contributed by atoms with Gasteiger partial charge in [0.1, 0.15) is 11.9 Å². The van der Waals surface area contributed by atoms with E-state index in [9.17, 15) is 9.90 Å². The lowest BCUT2D eigenvalue weighted by atomic mass is 10.0. The molecule has 0 saturated carbocycles. The second-order valence-corrected chi connectivity index (χ2v) is 6.05. The van der Waals surface area contributed by atoms with E-state index in [0.29, 0.717) is 30.8 Å². The first kappa shape index (κ1) is 17.0. The van der Waals surface area contributed by atoms with Crippen LogP contribution < -0.4 is 0 Å². The summed E-state index contributed by atoms with van der Waals surface area (Å²) in [6.45, 7) is 3.28. The lowest BCUT2D eigenvalue weighted by Gasteiger charge is -2.33. The summed E-state index contributed by atoms with van der Waals surface area (Å²) in [4.78, 5) is 14.5. The van der Waals surface area contributed by atoms with E-state index in [1.165, 1.54) is 0 Å². The van der Waals surface area contributed by atoms with Gasteiger partial charge in [0, 0.05) is 6.54 Å². The maximum absolute atomic E-state index is 12.8. The molecular weight excluding hydrogens is 316 g/mol. The number of phenols is 1. The summed E-state index contributed by atoms with van der Waals surface area (Å²) >= 11 is 0. The Labute approximate surface area is 147 Å². The van der Waals surface area contributed by atoms with E-state index in [2.05, 4.69) is 6.07 Å². The molecule has 1 heterocycles. The van der Waals surface area contributed by atoms with Crippen molar-refractivity contribution < 1.29 is 14.6 Å². The number of amides is 1. The van der Waals surface area contributed by atoms with Gasteiger partial charge in [-0.1, -0.05) is 25.1 Å². The first-order valence-electron chi connectivity index (χ1n) is 8.35. The summed E-state index contributed by atoms with van der Waals surface area (Å²) in [5, 5.41) is 19.2. The number of nitriles is 1. The molecule has 25 heavy (non-hydrogen) atoms. The molecule has 1 N–H and O–H groups in total. The molecule has 2 aromatic carbocycles. The molecule has 1 aliphatic rings. The minimum Gasteiger partial charge on any atom is -0.507 e. The number of morpholine rings is 1. The predicted octanol–water partition coefficient (Wildman–Crippen LogP) is 3.04. The van der Waals surface area contributed by atoms with Crippen molar-refractivity contribution >= 4 is 5.91 Å². The van der Waals surface area contributed by atoms with Crippen LogP contribution >= 0.6 is 0 Å². The molecule has 1 atom stereocenters. The van der Waals surface area contributed by atoms with E-state index < -0.39 is 0 Å². The van der Waals surface area contributed by atoms with Crippen LogP contribution in [-0.4, -0.2) is 35.6 Å². The maximum atomic E-state index is 12.8. The summed E-state index contributed by atoms with van der Waals surface area (Å²) in [6.07, 6.45) is 0.528. The molecule has 1 saturated heterocycles. The van der Waals surface area contributed by atoms with Crippen molar-refractivity contribution in [3.05, 3.63) is 64.7 Å². The highest BCUT2D eigenvalue weighted by Gasteiger charge is 2.27. The fourth-order valence-electron chi connectivity index (χ4n) is 2.99. The van der Waals surface area contributed by atoms with Crippen LogP contribution in [0.2, 0.25) is 0 Å². The van der Waals surface area contributed by atoms with Crippen molar-refractivity contribution in [2.75, 3.05) is 19.7 Å². The standard InChI is InChI=1S/C20H20N2O3/c1-2-14-6-7-17(18(23)11-14)20(24)22-8-9-25-19(13-22)16-5-3-4-15(10-16)12-21/h3-7,10-11,19,23H,2,8-9,13H2,1H3. The van der Waals surface area contributed by atoms with Crippen LogP contribution in [-0.2, 0) is 11.2 Å². The smallest absolute Gasteiger partial charge is 0.257 e. The molecule has 0 aliphatic carbocycles. The molecule has 2 aromatic rings. The number of phenolic OH excluding ortho intramolecular Hbond substituents is 1. The van der Waals surface area contributed by atoms with Gasteiger partial charge in [0.2, 0.25) is 0 Å². The number of ether oxygens (including phenoxy) is 1. The molecule has 0 bridgehead atoms. The number of rotatable bonds is 3. The number of carbonyl (C=O) groups excluding carboxylic acids is 1. The lowest BCUT2D eigenvalue weighted by Crippen LogP contribution is -2.42. The highest BCUT2D eigenvalue weighted by Crippen LogP contribution is 2.26. The van der Waals surface area contributed by atoms with Gasteiger partial charge in [-0.3, -0.25) is 4.79 Å². The Balaban J connectivity index is 1.79. The normalized spacial score (nSPS) is 17.1. The van der Waals surface area contributed by atoms with E-state index in [4.69, 9.17) is 10.00 Å². The van der Waals surface area contributed by atoms with Crippen LogP contribution in [0.1, 0.15) is 40.1 Å². The Morgan fingerprint density at radius 2 is 2.20 bits per heavy atom. The van der Waals surface area contributed by atoms with Gasteiger partial charge in [0.25, 0.3) is 5.91 Å². The Hall–Kier alpha value is -2.84. The van der Waals surface area contributed by atoms with Crippen LogP contribution in [0.4, 0.5) is 0 Å². The van der Waals surface area contributed by atoms with Gasteiger partial charge in [-0.2, -0.15) is 5.26 Å². The average Bonchev–Trinajstić information content (AvgIpc) is 2.67. The number of hydrogen-bond acceptors (Lipinski definition) is 4. The third kappa shape index (κ3) is 3.65. The van der Waals surface area contributed by atoms with Crippen LogP contribution in [0.15, 0.2) is 42.5 Å². The molecule has 1 fully saturated rings. The molecule has 128 valence electrons. The molecule has 0 radical (unpaired) electrons. The van der Waals surface area contributed by atoms with Crippen molar-refractivity contribution in [1.29, 1.82) is 5.26 Å². The number of aryl methyl sites for hydroxylation is 1. The van der Waals surface area contributed by atoms with Gasteiger partial charge >= 0.3 is 0 Å². The number of hydrogen-bond donors (Lipinski definition) is 1. The molecule has 1 unspecified atom stereocenters. The van der Waals surface area contributed by atoms with Gasteiger partial charge in [-0.05, 0) is 41.8 Å². The Morgan fingerprint density at radius 1 is 1.36 bits per heavy atom. The fraction of sp³-hybridized carbons (Fsp3) is 0.300. The summed E-state index contributed by atoms with van der Waals surface area (Å²) in [6, 6.07) is 14.5. The van der Waals surface area contributed by atoms with Crippen molar-refractivity contribution in [2.45, 2.75) is 19.4 Å². The first-order chi connectivity index (χ1) is 12.1. The summed E-state index contributed by atoms with van der Waals surface area (Å²) in [5.41, 5.74) is 2.74. The Kier molecular flexibility index (Phi) is 5.01. The zero-order chi connectivity index (χ0) is 17.8. The van der Waals surface area contributed by atoms with E-state index in [-0.39, 0.29) is 17.8 Å². The number of carbonyl (C=O) groups is 1. The van der Waals surface area contributed by atoms with Gasteiger partial charge in [0.15, 0.2) is 0 Å². The third-order valence-electron chi connectivity index (χ3n) is 4.44. The van der Waals surface area contributed by atoms with E-state index in [1.807, 2.05) is 25.1 Å². The molecule has 5 heteroatoms. The topological polar surface area (TPSA) is 73.6 Å². The van der Waals surface area contributed by atoms with Gasteiger partial charge in [0.05, 0.1) is 30.3 Å². The summed E-state index contributed by atoms with van der Waals surface area (Å²) < 4.78 is 5.78. The first-order valence-corrected chi connectivity index (χ1v) is 8.35. The minimum atomic E-state index is -0.275. The van der Waals surface area contributed by atoms with Gasteiger partial charge < -0.3 is 14.7 Å². The molecule has 3 rings (SSSR count). The zero-order valence-corrected chi connectivity index (χ0v) is 14.1. The fourth-order valence-corrected chi connectivity index (χ4v) is 2.99. The summed E-state index contributed by atoms with van der Waals surface area (Å²) in [5.74, 6) is -0.191. The van der Waals surface area contributed by atoms with Crippen molar-refractivity contribution in [3.63, 3.8) is 0 Å². The largest absolute Gasteiger partial charge is 0.507 e. The lowest BCUT2D eigenvalue weighted by molar-refractivity contribution is -0.0229. The Morgan fingerprint density at radius 3 is 2.92 bits per heavy atom. The van der Waals surface area contributed by atoms with Crippen molar-refractivity contribution in [3.8, 4) is 11.8 Å². The van der Waals surface area contributed by atoms with Crippen molar-refractivity contribution in [2.24, 2.45) is 0 Å². The molecule has 1 aliphatic heterocycles. The Bertz CT molecular complexity index is 826. The monoisotopic (exact) mass is 336 g/mol. The zero-order valence-electron chi connectivity index (χ0n) is 14.1. The van der Waals surface area contributed by atoms with Gasteiger partial charge in [-0.25, -0.2) is 0 Å². The van der Waals surface area contributed by atoms with Crippen LogP contribution in [0.5, 0.6) is 5.75 Å². The molecule has 0 aromatic heterocycles. The quantitative estimate of drug-likeness (QED) is 0.935. The SMILES string of the molecule is CCc1ccc(C(=O)N2CCOC(c3cccc(C#N)c3)C2)c(O)c1. The molecule has 1 amide bonds. The maximum Gasteiger partial charge on any atom is 0.257 e. The number of nitrogens with zero attached hydrogens (tertiary/aromatic N) is 2. The van der Waals surface area contributed by atoms with Crippen LogP contribution in [0.3, 0.4) is 0 Å². The minimum absolute atomic E-state index is 0.0128. The third-order valence-corrected chi connectivity index (χ3v) is 4.44. The molecule has 0 spiro atoms.